The van der Waals surface area contributed by atoms with E-state index in [1.54, 1.807) is 0 Å². The van der Waals surface area contributed by atoms with Crippen LogP contribution in [0.5, 0.6) is 0 Å². The normalized spacial score (nSPS) is 16.3. The molecule has 0 unspecified atom stereocenters. The van der Waals surface area contributed by atoms with Gasteiger partial charge in [-0.1, -0.05) is 44.2 Å². The lowest BCUT2D eigenvalue weighted by Gasteiger charge is -2.22. The fourth-order valence-corrected chi connectivity index (χ4v) is 4.57. The molecule has 1 aliphatic heterocycles. The number of amides is 1. The van der Waals surface area contributed by atoms with E-state index in [0.29, 0.717) is 5.25 Å². The minimum atomic E-state index is -0.0304. The minimum absolute atomic E-state index is 0.0304. The molecule has 0 saturated carbocycles. The maximum absolute atomic E-state index is 12.9. The number of rotatable bonds is 3. The van der Waals surface area contributed by atoms with Crippen LogP contribution >= 0.6 is 11.8 Å². The van der Waals surface area contributed by atoms with Crippen LogP contribution in [0.2, 0.25) is 0 Å². The largest absolute Gasteiger partial charge is 0.334 e. The van der Waals surface area contributed by atoms with Crippen LogP contribution in [0.1, 0.15) is 29.9 Å². The molecule has 0 bridgehead atoms. The molecule has 4 rings (SSSR count). The third-order valence-electron chi connectivity index (χ3n) is 4.53. The highest BCUT2D eigenvalue weighted by molar-refractivity contribution is 8.00. The van der Waals surface area contributed by atoms with Gasteiger partial charge >= 0.3 is 0 Å². The molecular weight excluding hydrogens is 316 g/mol. The van der Waals surface area contributed by atoms with Crippen molar-refractivity contribution >= 4 is 34.3 Å². The van der Waals surface area contributed by atoms with Gasteiger partial charge in [0.2, 0.25) is 0 Å². The summed E-state index contributed by atoms with van der Waals surface area (Å²) in [5.74, 6) is -0.0304. The van der Waals surface area contributed by atoms with Crippen LogP contribution < -0.4 is 5.32 Å². The summed E-state index contributed by atoms with van der Waals surface area (Å²) in [4.78, 5) is 14.2. The predicted octanol–water partition coefficient (Wildman–Crippen LogP) is 4.95. The Morgan fingerprint density at radius 3 is 2.92 bits per heavy atom. The lowest BCUT2D eigenvalue weighted by Crippen LogP contribution is -2.22. The molecule has 1 aromatic heterocycles. The first-order chi connectivity index (χ1) is 11.7. The number of hydrogen-bond donors (Lipinski definition) is 1. The molecule has 1 atom stereocenters. The summed E-state index contributed by atoms with van der Waals surface area (Å²) >= 11 is 1.89. The van der Waals surface area contributed by atoms with Crippen molar-refractivity contribution < 1.29 is 4.79 Å². The van der Waals surface area contributed by atoms with Gasteiger partial charge in [0, 0.05) is 27.8 Å². The van der Waals surface area contributed by atoms with Crippen LogP contribution in [0.15, 0.2) is 53.4 Å². The molecule has 1 aliphatic rings. The fraction of sp³-hybridized carbons (Fsp3) is 0.250. The van der Waals surface area contributed by atoms with Crippen LogP contribution in [0.4, 0.5) is 5.69 Å². The van der Waals surface area contributed by atoms with Gasteiger partial charge in [-0.25, -0.2) is 0 Å². The van der Waals surface area contributed by atoms with Gasteiger partial charge < -0.3 is 9.88 Å². The summed E-state index contributed by atoms with van der Waals surface area (Å²) < 4.78 is 2.18. The zero-order valence-corrected chi connectivity index (χ0v) is 14.7. The van der Waals surface area contributed by atoms with Gasteiger partial charge in [0.15, 0.2) is 0 Å². The number of aryl methyl sites for hydroxylation is 1. The van der Waals surface area contributed by atoms with Gasteiger partial charge in [0.25, 0.3) is 5.91 Å². The Balaban J connectivity index is 1.76. The zero-order chi connectivity index (χ0) is 16.7. The van der Waals surface area contributed by atoms with E-state index in [1.165, 1.54) is 10.4 Å². The van der Waals surface area contributed by atoms with Crippen molar-refractivity contribution in [2.75, 3.05) is 5.32 Å². The monoisotopic (exact) mass is 336 g/mol. The molecule has 2 aromatic carbocycles. The van der Waals surface area contributed by atoms with Crippen molar-refractivity contribution in [2.24, 2.45) is 0 Å². The highest BCUT2D eigenvalue weighted by Crippen LogP contribution is 2.38. The highest BCUT2D eigenvalue weighted by Gasteiger charge is 2.24. The summed E-state index contributed by atoms with van der Waals surface area (Å²) in [6.07, 6.45) is 0.900. The zero-order valence-electron chi connectivity index (χ0n) is 13.9. The number of aromatic nitrogens is 1. The van der Waals surface area contributed by atoms with Gasteiger partial charge in [-0.15, -0.1) is 11.8 Å². The highest BCUT2D eigenvalue weighted by atomic mass is 32.2. The third-order valence-corrected chi connectivity index (χ3v) is 5.66. The van der Waals surface area contributed by atoms with Gasteiger partial charge in [-0.05, 0) is 30.2 Å². The SMILES string of the molecule is CCc1ccccc1NC(=O)c1cc2cccc3c2n1C[C@@H](C)S3. The summed E-state index contributed by atoms with van der Waals surface area (Å²) in [6.45, 7) is 5.18. The number of nitrogens with zero attached hydrogens (tertiary/aromatic N) is 1. The first kappa shape index (κ1) is 15.3. The maximum atomic E-state index is 12.9. The van der Waals surface area contributed by atoms with Crippen molar-refractivity contribution in [2.45, 2.75) is 37.0 Å². The molecule has 3 nitrogen and oxygen atoms in total. The average Bonchev–Trinajstić information content (AvgIpc) is 2.95. The quantitative estimate of drug-likeness (QED) is 0.734. The molecular formula is C20H20N2OS. The Kier molecular flexibility index (Phi) is 3.85. The first-order valence-corrected chi connectivity index (χ1v) is 9.23. The predicted molar refractivity (Wildman–Crippen MR) is 101 cm³/mol. The molecule has 0 radical (unpaired) electrons. The lowest BCUT2D eigenvalue weighted by molar-refractivity contribution is 0.101. The van der Waals surface area contributed by atoms with Crippen molar-refractivity contribution in [1.29, 1.82) is 0 Å². The second-order valence-electron chi connectivity index (χ2n) is 6.23. The summed E-state index contributed by atoms with van der Waals surface area (Å²) in [6, 6.07) is 16.3. The topological polar surface area (TPSA) is 34.0 Å². The van der Waals surface area contributed by atoms with E-state index in [4.69, 9.17) is 0 Å². The van der Waals surface area contributed by atoms with Crippen LogP contribution in [0.25, 0.3) is 10.9 Å². The van der Waals surface area contributed by atoms with E-state index >= 15 is 0 Å². The molecule has 1 amide bonds. The molecule has 1 N–H and O–H groups in total. The van der Waals surface area contributed by atoms with Crippen LogP contribution in [-0.4, -0.2) is 15.7 Å². The van der Waals surface area contributed by atoms with Crippen molar-refractivity contribution in [1.82, 2.24) is 4.57 Å². The second kappa shape index (κ2) is 6.02. The Morgan fingerprint density at radius 2 is 2.08 bits per heavy atom. The number of carbonyl (C=O) groups is 1. The standard InChI is InChI=1S/C20H20N2OS/c1-3-14-7-4-5-9-16(14)21-20(23)17-11-15-8-6-10-18-19(15)22(17)12-13(2)24-18/h4-11,13H,3,12H2,1-2H3,(H,21,23)/t13-/m1/s1. The minimum Gasteiger partial charge on any atom is -0.334 e. The van der Waals surface area contributed by atoms with E-state index < -0.39 is 0 Å². The van der Waals surface area contributed by atoms with Crippen molar-refractivity contribution in [3.8, 4) is 0 Å². The number of thioether (sulfide) groups is 1. The van der Waals surface area contributed by atoms with Crippen molar-refractivity contribution in [3.63, 3.8) is 0 Å². The summed E-state index contributed by atoms with van der Waals surface area (Å²) in [7, 11) is 0. The van der Waals surface area contributed by atoms with E-state index in [9.17, 15) is 4.79 Å². The molecule has 0 spiro atoms. The van der Waals surface area contributed by atoms with Gasteiger partial charge in [0.1, 0.15) is 5.69 Å². The molecule has 2 heterocycles. The van der Waals surface area contributed by atoms with Gasteiger partial charge in [-0.2, -0.15) is 0 Å². The average molecular weight is 336 g/mol. The van der Waals surface area contributed by atoms with Gasteiger partial charge in [0.05, 0.1) is 5.52 Å². The molecule has 0 saturated heterocycles. The second-order valence-corrected chi connectivity index (χ2v) is 7.71. The third kappa shape index (κ3) is 2.51. The maximum Gasteiger partial charge on any atom is 0.272 e. The Labute approximate surface area is 146 Å². The lowest BCUT2D eigenvalue weighted by atomic mass is 10.1. The van der Waals surface area contributed by atoms with E-state index in [2.05, 4.69) is 48.0 Å². The number of nitrogens with one attached hydrogen (secondary N) is 1. The molecule has 3 aromatic rings. The van der Waals surface area contributed by atoms with E-state index in [-0.39, 0.29) is 5.91 Å². The van der Waals surface area contributed by atoms with E-state index in [1.807, 2.05) is 36.0 Å². The van der Waals surface area contributed by atoms with Crippen LogP contribution in [0, 0.1) is 0 Å². The molecule has 122 valence electrons. The molecule has 4 heteroatoms. The molecule has 0 fully saturated rings. The summed E-state index contributed by atoms with van der Waals surface area (Å²) in [5.41, 5.74) is 4.00. The van der Waals surface area contributed by atoms with Gasteiger partial charge in [-0.3, -0.25) is 4.79 Å². The Bertz CT molecular complexity index is 929. The van der Waals surface area contributed by atoms with Crippen LogP contribution in [-0.2, 0) is 13.0 Å². The number of para-hydroxylation sites is 2. The number of carbonyl (C=O) groups excluding carboxylic acids is 1. The Hall–Kier alpha value is -2.20. The number of hydrogen-bond acceptors (Lipinski definition) is 2. The number of benzene rings is 2. The summed E-state index contributed by atoms with van der Waals surface area (Å²) in [5, 5.41) is 4.71. The fourth-order valence-electron chi connectivity index (χ4n) is 3.41. The van der Waals surface area contributed by atoms with Crippen molar-refractivity contribution in [3.05, 3.63) is 59.8 Å². The Morgan fingerprint density at radius 1 is 1.25 bits per heavy atom. The molecule has 0 aliphatic carbocycles. The van der Waals surface area contributed by atoms with Crippen LogP contribution in [0.3, 0.4) is 0 Å². The molecule has 24 heavy (non-hydrogen) atoms. The number of anilines is 1. The smallest absolute Gasteiger partial charge is 0.272 e. The van der Waals surface area contributed by atoms with E-state index in [0.717, 1.165) is 35.3 Å². The first-order valence-electron chi connectivity index (χ1n) is 8.35.